The predicted octanol–water partition coefficient (Wildman–Crippen LogP) is 1.84. The van der Waals surface area contributed by atoms with Crippen LogP contribution in [0.25, 0.3) is 0 Å². The van der Waals surface area contributed by atoms with Crippen molar-refractivity contribution in [3.8, 4) is 0 Å². The second-order valence-electron chi connectivity index (χ2n) is 5.80. The molecular formula is C16H27N3O. The number of hydrogen-bond acceptors (Lipinski definition) is 3. The highest BCUT2D eigenvalue weighted by Crippen LogP contribution is 2.24. The maximum absolute atomic E-state index is 11.9. The Hall–Kier alpha value is -1.39. The number of carbonyl (C=O) groups excluding carboxylic acids is 1. The lowest BCUT2D eigenvalue weighted by Crippen LogP contribution is -2.44. The monoisotopic (exact) mass is 277 g/mol. The van der Waals surface area contributed by atoms with Crippen molar-refractivity contribution in [2.24, 2.45) is 5.73 Å². The largest absolute Gasteiger partial charge is 0.353 e. The fourth-order valence-electron chi connectivity index (χ4n) is 2.53. The Morgan fingerprint density at radius 3 is 2.40 bits per heavy atom. The van der Waals surface area contributed by atoms with E-state index >= 15 is 0 Å². The number of nitrogens with two attached hydrogens (primary N) is 1. The third-order valence-electron chi connectivity index (χ3n) is 3.32. The Balaban J connectivity index is 2.87. The summed E-state index contributed by atoms with van der Waals surface area (Å²) in [4.78, 5) is 13.9. The molecule has 1 aromatic carbocycles. The van der Waals surface area contributed by atoms with Crippen molar-refractivity contribution in [3.05, 3.63) is 35.4 Å². The highest BCUT2D eigenvalue weighted by molar-refractivity contribution is 5.78. The Morgan fingerprint density at radius 2 is 1.90 bits per heavy atom. The molecular weight excluding hydrogens is 250 g/mol. The molecule has 3 N–H and O–H groups in total. The van der Waals surface area contributed by atoms with Gasteiger partial charge in [-0.05, 0) is 45.9 Å². The highest BCUT2D eigenvalue weighted by atomic mass is 16.2. The van der Waals surface area contributed by atoms with Crippen molar-refractivity contribution in [3.63, 3.8) is 0 Å². The van der Waals surface area contributed by atoms with Gasteiger partial charge in [0.25, 0.3) is 0 Å². The normalized spacial score (nSPS) is 14.4. The minimum atomic E-state index is -0.0482. The molecule has 0 aliphatic carbocycles. The van der Waals surface area contributed by atoms with Crippen molar-refractivity contribution in [1.82, 2.24) is 10.2 Å². The second-order valence-corrected chi connectivity index (χ2v) is 5.80. The highest BCUT2D eigenvalue weighted by Gasteiger charge is 2.24. The molecule has 0 aromatic heterocycles. The Bertz CT molecular complexity index is 443. The molecule has 0 aliphatic heterocycles. The molecule has 1 amide bonds. The molecule has 0 saturated heterocycles. The minimum Gasteiger partial charge on any atom is -0.353 e. The van der Waals surface area contributed by atoms with E-state index in [4.69, 9.17) is 5.73 Å². The van der Waals surface area contributed by atoms with E-state index in [1.165, 1.54) is 11.1 Å². The number of likely N-dealkylation sites (N-methyl/N-ethyl adjacent to an activating group) is 1. The average molecular weight is 277 g/mol. The molecule has 0 heterocycles. The lowest BCUT2D eigenvalue weighted by molar-refractivity contribution is -0.123. The first-order chi connectivity index (χ1) is 9.32. The van der Waals surface area contributed by atoms with Gasteiger partial charge in [-0.2, -0.15) is 0 Å². The number of nitrogens with one attached hydrogen (secondary N) is 1. The van der Waals surface area contributed by atoms with Crippen molar-refractivity contribution in [2.45, 2.75) is 45.8 Å². The lowest BCUT2D eigenvalue weighted by atomic mass is 9.95. The minimum absolute atomic E-state index is 0.0294. The lowest BCUT2D eigenvalue weighted by Gasteiger charge is -2.32. The van der Waals surface area contributed by atoms with E-state index in [-0.39, 0.29) is 24.0 Å². The summed E-state index contributed by atoms with van der Waals surface area (Å²) < 4.78 is 0. The van der Waals surface area contributed by atoms with Crippen molar-refractivity contribution in [1.29, 1.82) is 0 Å². The summed E-state index contributed by atoms with van der Waals surface area (Å²) in [7, 11) is 1.94. The predicted molar refractivity (Wildman–Crippen MR) is 83.5 cm³/mol. The van der Waals surface area contributed by atoms with Crippen LogP contribution in [0.2, 0.25) is 0 Å². The van der Waals surface area contributed by atoms with Crippen LogP contribution in [0, 0.1) is 6.92 Å². The van der Waals surface area contributed by atoms with Crippen LogP contribution in [-0.4, -0.2) is 36.5 Å². The van der Waals surface area contributed by atoms with E-state index in [2.05, 4.69) is 24.4 Å². The molecule has 2 atom stereocenters. The Kier molecular flexibility index (Phi) is 6.17. The SMILES string of the molecule is Cc1ccccc1C(C(C)N)N(C)CC(=O)NC(C)C. The number of hydrogen-bond donors (Lipinski definition) is 2. The van der Waals surface area contributed by atoms with Crippen molar-refractivity contribution < 1.29 is 4.79 Å². The molecule has 1 aromatic rings. The van der Waals surface area contributed by atoms with Crippen LogP contribution in [0.3, 0.4) is 0 Å². The van der Waals surface area contributed by atoms with Gasteiger partial charge in [0.15, 0.2) is 0 Å². The zero-order valence-electron chi connectivity index (χ0n) is 13.2. The van der Waals surface area contributed by atoms with Gasteiger partial charge in [0.1, 0.15) is 0 Å². The summed E-state index contributed by atoms with van der Waals surface area (Å²) in [6.07, 6.45) is 0. The first-order valence-corrected chi connectivity index (χ1v) is 7.13. The van der Waals surface area contributed by atoms with Gasteiger partial charge in [-0.15, -0.1) is 0 Å². The van der Waals surface area contributed by atoms with Gasteiger partial charge < -0.3 is 11.1 Å². The molecule has 1 rings (SSSR count). The van der Waals surface area contributed by atoms with Crippen molar-refractivity contribution >= 4 is 5.91 Å². The molecule has 2 unspecified atom stereocenters. The van der Waals surface area contributed by atoms with Gasteiger partial charge in [-0.1, -0.05) is 24.3 Å². The number of amides is 1. The summed E-state index contributed by atoms with van der Waals surface area (Å²) in [6.45, 7) is 8.32. The number of benzene rings is 1. The van der Waals surface area contributed by atoms with Gasteiger partial charge in [-0.3, -0.25) is 9.69 Å². The molecule has 112 valence electrons. The smallest absolute Gasteiger partial charge is 0.234 e. The van der Waals surface area contributed by atoms with E-state index < -0.39 is 0 Å². The summed E-state index contributed by atoms with van der Waals surface area (Å²) in [6, 6.07) is 8.33. The average Bonchev–Trinajstić information content (AvgIpc) is 2.30. The molecule has 0 aliphatic rings. The molecule has 20 heavy (non-hydrogen) atoms. The molecule has 4 heteroatoms. The van der Waals surface area contributed by atoms with Gasteiger partial charge in [0.05, 0.1) is 12.6 Å². The first-order valence-electron chi connectivity index (χ1n) is 7.13. The van der Waals surface area contributed by atoms with Gasteiger partial charge in [-0.25, -0.2) is 0 Å². The summed E-state index contributed by atoms with van der Waals surface area (Å²) in [5.74, 6) is 0.0294. The molecule has 0 saturated carbocycles. The van der Waals surface area contributed by atoms with E-state index in [1.54, 1.807) is 0 Å². The Morgan fingerprint density at radius 1 is 1.30 bits per heavy atom. The van der Waals surface area contributed by atoms with Crippen LogP contribution in [0.1, 0.15) is 37.9 Å². The number of nitrogens with zero attached hydrogens (tertiary/aromatic N) is 1. The topological polar surface area (TPSA) is 58.4 Å². The molecule has 4 nitrogen and oxygen atoms in total. The summed E-state index contributed by atoms with van der Waals surface area (Å²) in [5, 5.41) is 2.91. The quantitative estimate of drug-likeness (QED) is 0.834. The van der Waals surface area contributed by atoms with Crippen LogP contribution < -0.4 is 11.1 Å². The van der Waals surface area contributed by atoms with Gasteiger partial charge in [0, 0.05) is 12.1 Å². The summed E-state index contributed by atoms with van der Waals surface area (Å²) in [5.41, 5.74) is 8.52. The van der Waals surface area contributed by atoms with E-state index in [9.17, 15) is 4.79 Å². The van der Waals surface area contributed by atoms with Gasteiger partial charge in [0.2, 0.25) is 5.91 Å². The van der Waals surface area contributed by atoms with E-state index in [0.717, 1.165) is 0 Å². The maximum atomic E-state index is 11.9. The molecule has 0 spiro atoms. The third-order valence-corrected chi connectivity index (χ3v) is 3.32. The molecule has 0 radical (unpaired) electrons. The number of aryl methyl sites for hydroxylation is 1. The third kappa shape index (κ3) is 4.62. The van der Waals surface area contributed by atoms with Crippen LogP contribution in [0.15, 0.2) is 24.3 Å². The van der Waals surface area contributed by atoms with Crippen LogP contribution in [-0.2, 0) is 4.79 Å². The Labute approximate surface area is 122 Å². The van der Waals surface area contributed by atoms with Gasteiger partial charge >= 0.3 is 0 Å². The van der Waals surface area contributed by atoms with E-state index in [1.807, 2.05) is 44.9 Å². The second kappa shape index (κ2) is 7.41. The fourth-order valence-corrected chi connectivity index (χ4v) is 2.53. The zero-order valence-corrected chi connectivity index (χ0v) is 13.2. The molecule has 0 bridgehead atoms. The summed E-state index contributed by atoms with van der Waals surface area (Å²) >= 11 is 0. The number of carbonyl (C=O) groups is 1. The van der Waals surface area contributed by atoms with Crippen molar-refractivity contribution in [2.75, 3.05) is 13.6 Å². The standard InChI is InChI=1S/C16H27N3O/c1-11(2)18-15(20)10-19(5)16(13(4)17)14-9-7-6-8-12(14)3/h6-9,11,13,16H,10,17H2,1-5H3,(H,18,20). The van der Waals surface area contributed by atoms with Crippen LogP contribution in [0.5, 0.6) is 0 Å². The van der Waals surface area contributed by atoms with Crippen LogP contribution in [0.4, 0.5) is 0 Å². The van der Waals surface area contributed by atoms with Crippen LogP contribution >= 0.6 is 0 Å². The molecule has 0 fully saturated rings. The maximum Gasteiger partial charge on any atom is 0.234 e. The number of rotatable bonds is 6. The zero-order chi connectivity index (χ0) is 15.3. The first kappa shape index (κ1) is 16.7. The van der Waals surface area contributed by atoms with E-state index in [0.29, 0.717) is 6.54 Å². The fraction of sp³-hybridized carbons (Fsp3) is 0.562.